The Balaban J connectivity index is 1.87. The van der Waals surface area contributed by atoms with Gasteiger partial charge in [-0.1, -0.05) is 0 Å². The third-order valence-corrected chi connectivity index (χ3v) is 5.19. The first-order valence-corrected chi connectivity index (χ1v) is 7.65. The number of anilines is 2. The second-order valence-corrected chi connectivity index (χ2v) is 6.19. The Labute approximate surface area is 122 Å². The summed E-state index contributed by atoms with van der Waals surface area (Å²) in [4.78, 5) is 13.6. The molecule has 1 aromatic heterocycles. The Morgan fingerprint density at radius 1 is 1.26 bits per heavy atom. The largest absolute Gasteiger partial charge is 0.372 e. The summed E-state index contributed by atoms with van der Waals surface area (Å²) in [5.74, 6) is 1.87. The summed E-state index contributed by atoms with van der Waals surface area (Å²) in [6.07, 6.45) is 5.51. The van der Waals surface area contributed by atoms with Gasteiger partial charge in [0.1, 0.15) is 22.4 Å². The van der Waals surface area contributed by atoms with E-state index in [1.807, 2.05) is 7.05 Å². The summed E-state index contributed by atoms with van der Waals surface area (Å²) in [5, 5.41) is 3.10. The van der Waals surface area contributed by atoms with Crippen molar-refractivity contribution in [3.63, 3.8) is 0 Å². The van der Waals surface area contributed by atoms with Crippen molar-refractivity contribution in [2.24, 2.45) is 0 Å². The maximum absolute atomic E-state index is 4.47. The Kier molecular flexibility index (Phi) is 3.62. The standard InChI is InChI=1S/C13H20BrN5/c1-15-12-11(14)13(17-8-16-12)19-6-5-9-3-4-10(7-19)18(9)2/h8-10H,3-7H2,1-2H3,(H,15,16,17). The molecule has 2 atom stereocenters. The highest BCUT2D eigenvalue weighted by Gasteiger charge is 2.35. The minimum atomic E-state index is 0.660. The van der Waals surface area contributed by atoms with E-state index in [0.29, 0.717) is 6.04 Å². The highest BCUT2D eigenvalue weighted by atomic mass is 79.9. The molecule has 0 aliphatic carbocycles. The Bertz CT molecular complexity index is 466. The smallest absolute Gasteiger partial charge is 0.148 e. The van der Waals surface area contributed by atoms with Crippen LogP contribution in [0.2, 0.25) is 0 Å². The fraction of sp³-hybridized carbons (Fsp3) is 0.692. The van der Waals surface area contributed by atoms with E-state index in [4.69, 9.17) is 0 Å². The van der Waals surface area contributed by atoms with Crippen LogP contribution in [-0.2, 0) is 0 Å². The first kappa shape index (κ1) is 13.1. The van der Waals surface area contributed by atoms with E-state index in [-0.39, 0.29) is 0 Å². The van der Waals surface area contributed by atoms with E-state index in [9.17, 15) is 0 Å². The molecule has 2 aliphatic heterocycles. The van der Waals surface area contributed by atoms with Crippen LogP contribution in [0, 0.1) is 0 Å². The molecule has 2 fully saturated rings. The van der Waals surface area contributed by atoms with Gasteiger partial charge in [0, 0.05) is 32.2 Å². The van der Waals surface area contributed by atoms with Crippen LogP contribution in [-0.4, -0.2) is 54.1 Å². The summed E-state index contributed by atoms with van der Waals surface area (Å²) in [6, 6.07) is 1.41. The van der Waals surface area contributed by atoms with Crippen molar-refractivity contribution < 1.29 is 0 Å². The molecule has 2 saturated heterocycles. The number of halogens is 1. The summed E-state index contributed by atoms with van der Waals surface area (Å²) in [5.41, 5.74) is 0. The fourth-order valence-corrected chi connectivity index (χ4v) is 3.91. The normalized spacial score (nSPS) is 27.4. The van der Waals surface area contributed by atoms with Gasteiger partial charge >= 0.3 is 0 Å². The number of nitrogens with one attached hydrogen (secondary N) is 1. The third-order valence-electron chi connectivity index (χ3n) is 4.46. The van der Waals surface area contributed by atoms with Crippen LogP contribution in [0.5, 0.6) is 0 Å². The van der Waals surface area contributed by atoms with Crippen molar-refractivity contribution in [1.82, 2.24) is 14.9 Å². The SMILES string of the molecule is CNc1ncnc(N2CCC3CCC(C2)N3C)c1Br. The molecule has 2 bridgehead atoms. The maximum atomic E-state index is 4.47. The van der Waals surface area contributed by atoms with E-state index in [1.54, 1.807) is 6.33 Å². The van der Waals surface area contributed by atoms with Gasteiger partial charge in [-0.3, -0.25) is 4.90 Å². The molecule has 2 unspecified atom stereocenters. The summed E-state index contributed by atoms with van der Waals surface area (Å²) in [6.45, 7) is 2.13. The number of hydrogen-bond donors (Lipinski definition) is 1. The zero-order chi connectivity index (χ0) is 13.4. The van der Waals surface area contributed by atoms with Crippen LogP contribution in [0.1, 0.15) is 19.3 Å². The Hall–Kier alpha value is -0.880. The first-order valence-electron chi connectivity index (χ1n) is 6.86. The molecule has 6 heteroatoms. The molecule has 3 rings (SSSR count). The molecular weight excluding hydrogens is 306 g/mol. The molecule has 5 nitrogen and oxygen atoms in total. The first-order chi connectivity index (χ1) is 9.20. The zero-order valence-corrected chi connectivity index (χ0v) is 13.0. The highest BCUT2D eigenvalue weighted by Crippen LogP contribution is 2.34. The molecule has 0 saturated carbocycles. The summed E-state index contributed by atoms with van der Waals surface area (Å²) < 4.78 is 0.970. The molecular formula is C13H20BrN5. The molecule has 0 radical (unpaired) electrons. The van der Waals surface area contributed by atoms with E-state index >= 15 is 0 Å². The lowest BCUT2D eigenvalue weighted by Crippen LogP contribution is -2.37. The lowest BCUT2D eigenvalue weighted by molar-refractivity contribution is 0.254. The number of fused-ring (bicyclic) bond motifs is 2. The Morgan fingerprint density at radius 3 is 2.84 bits per heavy atom. The monoisotopic (exact) mass is 325 g/mol. The summed E-state index contributed by atoms with van der Waals surface area (Å²) >= 11 is 3.63. The minimum absolute atomic E-state index is 0.660. The molecule has 3 heterocycles. The molecule has 0 amide bonds. The molecule has 2 aliphatic rings. The second kappa shape index (κ2) is 5.25. The van der Waals surface area contributed by atoms with Crippen molar-refractivity contribution in [2.45, 2.75) is 31.3 Å². The molecule has 0 spiro atoms. The van der Waals surface area contributed by atoms with Gasteiger partial charge in [0.25, 0.3) is 0 Å². The predicted molar refractivity (Wildman–Crippen MR) is 80.7 cm³/mol. The lowest BCUT2D eigenvalue weighted by Gasteiger charge is -2.27. The predicted octanol–water partition coefficient (Wildman–Crippen LogP) is 1.95. The average molecular weight is 326 g/mol. The Morgan fingerprint density at radius 2 is 2.05 bits per heavy atom. The number of aromatic nitrogens is 2. The molecule has 1 N–H and O–H groups in total. The van der Waals surface area contributed by atoms with Gasteiger partial charge in [-0.2, -0.15) is 0 Å². The van der Waals surface area contributed by atoms with Crippen LogP contribution in [0.3, 0.4) is 0 Å². The summed E-state index contributed by atoms with van der Waals surface area (Å²) in [7, 11) is 4.15. The van der Waals surface area contributed by atoms with Gasteiger partial charge in [0.2, 0.25) is 0 Å². The minimum Gasteiger partial charge on any atom is -0.372 e. The van der Waals surface area contributed by atoms with Crippen LogP contribution in [0.25, 0.3) is 0 Å². The topological polar surface area (TPSA) is 44.3 Å². The quantitative estimate of drug-likeness (QED) is 0.900. The molecule has 1 aromatic rings. The van der Waals surface area contributed by atoms with E-state index in [1.165, 1.54) is 19.3 Å². The van der Waals surface area contributed by atoms with Gasteiger partial charge in [-0.05, 0) is 42.2 Å². The van der Waals surface area contributed by atoms with Crippen molar-refractivity contribution >= 4 is 27.6 Å². The maximum Gasteiger partial charge on any atom is 0.148 e. The zero-order valence-electron chi connectivity index (χ0n) is 11.4. The molecule has 19 heavy (non-hydrogen) atoms. The van der Waals surface area contributed by atoms with E-state index in [2.05, 4.69) is 48.1 Å². The van der Waals surface area contributed by atoms with Gasteiger partial charge in [-0.15, -0.1) is 0 Å². The van der Waals surface area contributed by atoms with Crippen molar-refractivity contribution in [2.75, 3.05) is 37.4 Å². The van der Waals surface area contributed by atoms with Crippen LogP contribution < -0.4 is 10.2 Å². The van der Waals surface area contributed by atoms with Crippen molar-refractivity contribution in [1.29, 1.82) is 0 Å². The van der Waals surface area contributed by atoms with Crippen LogP contribution >= 0.6 is 15.9 Å². The van der Waals surface area contributed by atoms with E-state index < -0.39 is 0 Å². The number of hydrogen-bond acceptors (Lipinski definition) is 5. The van der Waals surface area contributed by atoms with Gasteiger partial charge in [-0.25, -0.2) is 9.97 Å². The van der Waals surface area contributed by atoms with Gasteiger partial charge < -0.3 is 10.2 Å². The third kappa shape index (κ3) is 2.31. The van der Waals surface area contributed by atoms with E-state index in [0.717, 1.165) is 35.2 Å². The number of nitrogens with zero attached hydrogens (tertiary/aromatic N) is 4. The molecule has 0 aromatic carbocycles. The second-order valence-electron chi connectivity index (χ2n) is 5.40. The highest BCUT2D eigenvalue weighted by molar-refractivity contribution is 9.10. The number of rotatable bonds is 2. The van der Waals surface area contributed by atoms with Crippen LogP contribution in [0.4, 0.5) is 11.6 Å². The van der Waals surface area contributed by atoms with Gasteiger partial charge in [0.05, 0.1) is 0 Å². The van der Waals surface area contributed by atoms with Gasteiger partial charge in [0.15, 0.2) is 0 Å². The molecule has 104 valence electrons. The number of likely N-dealkylation sites (N-methyl/N-ethyl adjacent to an activating group) is 1. The average Bonchev–Trinajstić information content (AvgIpc) is 2.64. The van der Waals surface area contributed by atoms with Crippen molar-refractivity contribution in [3.05, 3.63) is 10.8 Å². The lowest BCUT2D eigenvalue weighted by atomic mass is 10.1. The fourth-order valence-electron chi connectivity index (χ4n) is 3.26. The van der Waals surface area contributed by atoms with Crippen LogP contribution in [0.15, 0.2) is 10.8 Å². The van der Waals surface area contributed by atoms with Crippen molar-refractivity contribution in [3.8, 4) is 0 Å².